The molecule has 0 aliphatic carbocycles. The zero-order valence-corrected chi connectivity index (χ0v) is 11.8. The van der Waals surface area contributed by atoms with E-state index in [0.29, 0.717) is 6.07 Å². The largest absolute Gasteiger partial charge is 0.423 e. The molecule has 0 unspecified atom stereocenters. The molecule has 3 nitrogen and oxygen atoms in total. The van der Waals surface area contributed by atoms with Gasteiger partial charge in [-0.1, -0.05) is 0 Å². The molecule has 0 fully saturated rings. The van der Waals surface area contributed by atoms with Crippen LogP contribution >= 0.6 is 0 Å². The molecule has 1 heterocycles. The summed E-state index contributed by atoms with van der Waals surface area (Å²) in [6.45, 7) is 3.51. The second kappa shape index (κ2) is 5.79. The van der Waals surface area contributed by atoms with Gasteiger partial charge in [-0.2, -0.15) is 8.78 Å². The number of alkyl halides is 3. The van der Waals surface area contributed by atoms with Gasteiger partial charge < -0.3 is 9.32 Å². The lowest BCUT2D eigenvalue weighted by atomic mass is 10.0. The summed E-state index contributed by atoms with van der Waals surface area (Å²) >= 11 is 0. The Morgan fingerprint density at radius 1 is 1.19 bits per heavy atom. The third-order valence-corrected chi connectivity index (χ3v) is 3.42. The van der Waals surface area contributed by atoms with Crippen molar-refractivity contribution in [3.63, 3.8) is 0 Å². The standard InChI is InChI=1S/C15H16F3NO2/c1-3-19(4-2)10-5-6-11-12(15(17,18)9-16)8-14(20)21-13(11)7-10/h5-8H,3-4,9H2,1-2H3. The molecule has 114 valence electrons. The summed E-state index contributed by atoms with van der Waals surface area (Å²) in [5.74, 6) is -3.70. The summed E-state index contributed by atoms with van der Waals surface area (Å²) in [5.41, 5.74) is -0.754. The van der Waals surface area contributed by atoms with Gasteiger partial charge in [0.2, 0.25) is 0 Å². The number of anilines is 1. The minimum absolute atomic E-state index is 0.0371. The molecule has 0 radical (unpaired) electrons. The van der Waals surface area contributed by atoms with Gasteiger partial charge in [-0.3, -0.25) is 0 Å². The lowest BCUT2D eigenvalue weighted by Crippen LogP contribution is -2.22. The molecule has 0 saturated heterocycles. The van der Waals surface area contributed by atoms with Crippen LogP contribution in [0.2, 0.25) is 0 Å². The van der Waals surface area contributed by atoms with Crippen LogP contribution in [0.3, 0.4) is 0 Å². The molecule has 2 aromatic rings. The van der Waals surface area contributed by atoms with Gasteiger partial charge in [0, 0.05) is 41.9 Å². The van der Waals surface area contributed by atoms with Crippen molar-refractivity contribution in [2.75, 3.05) is 24.7 Å². The highest BCUT2D eigenvalue weighted by Crippen LogP contribution is 2.34. The summed E-state index contributed by atoms with van der Waals surface area (Å²) in [7, 11) is 0. The predicted molar refractivity (Wildman–Crippen MR) is 75.9 cm³/mol. The number of nitrogens with zero attached hydrogens (tertiary/aromatic N) is 1. The van der Waals surface area contributed by atoms with E-state index in [2.05, 4.69) is 0 Å². The second-order valence-electron chi connectivity index (χ2n) is 4.67. The van der Waals surface area contributed by atoms with Crippen LogP contribution in [0.15, 0.2) is 33.5 Å². The third-order valence-electron chi connectivity index (χ3n) is 3.42. The van der Waals surface area contributed by atoms with Crippen LogP contribution < -0.4 is 10.5 Å². The average molecular weight is 299 g/mol. The van der Waals surface area contributed by atoms with Crippen molar-refractivity contribution < 1.29 is 17.6 Å². The van der Waals surface area contributed by atoms with Crippen LogP contribution in [0.4, 0.5) is 18.9 Å². The van der Waals surface area contributed by atoms with Crippen molar-refractivity contribution in [1.82, 2.24) is 0 Å². The van der Waals surface area contributed by atoms with Gasteiger partial charge >= 0.3 is 11.5 Å². The van der Waals surface area contributed by atoms with E-state index < -0.39 is 23.8 Å². The molecule has 0 saturated carbocycles. The van der Waals surface area contributed by atoms with Crippen molar-refractivity contribution in [1.29, 1.82) is 0 Å². The van der Waals surface area contributed by atoms with E-state index in [9.17, 15) is 18.0 Å². The summed E-state index contributed by atoms with van der Waals surface area (Å²) in [6, 6.07) is 5.28. The van der Waals surface area contributed by atoms with Gasteiger partial charge in [0.1, 0.15) is 5.58 Å². The van der Waals surface area contributed by atoms with Gasteiger partial charge in [-0.15, -0.1) is 0 Å². The Hall–Kier alpha value is -1.98. The third kappa shape index (κ3) is 2.89. The molecular weight excluding hydrogens is 283 g/mol. The fourth-order valence-corrected chi connectivity index (χ4v) is 2.31. The maximum atomic E-state index is 13.6. The Morgan fingerprint density at radius 2 is 1.86 bits per heavy atom. The molecule has 0 atom stereocenters. The number of rotatable bonds is 5. The molecule has 1 aromatic carbocycles. The number of hydrogen-bond acceptors (Lipinski definition) is 3. The van der Waals surface area contributed by atoms with E-state index in [0.717, 1.165) is 18.8 Å². The molecule has 1 aromatic heterocycles. The van der Waals surface area contributed by atoms with Crippen molar-refractivity contribution >= 4 is 16.7 Å². The van der Waals surface area contributed by atoms with Gasteiger partial charge in [0.15, 0.2) is 6.67 Å². The lowest BCUT2D eigenvalue weighted by molar-refractivity contribution is -0.0270. The van der Waals surface area contributed by atoms with Crippen LogP contribution in [0.1, 0.15) is 19.4 Å². The highest BCUT2D eigenvalue weighted by molar-refractivity contribution is 5.84. The minimum Gasteiger partial charge on any atom is -0.423 e. The van der Waals surface area contributed by atoms with Crippen LogP contribution in [-0.4, -0.2) is 19.8 Å². The molecule has 0 bridgehead atoms. The topological polar surface area (TPSA) is 33.5 Å². The minimum atomic E-state index is -3.70. The molecule has 0 aliphatic heterocycles. The predicted octanol–water partition coefficient (Wildman–Crippen LogP) is 3.70. The van der Waals surface area contributed by atoms with Crippen LogP contribution in [0.25, 0.3) is 11.0 Å². The normalized spacial score (nSPS) is 11.9. The van der Waals surface area contributed by atoms with Crippen molar-refractivity contribution in [3.8, 4) is 0 Å². The number of hydrogen-bond donors (Lipinski definition) is 0. The van der Waals surface area contributed by atoms with Gasteiger partial charge in [-0.05, 0) is 26.0 Å². The molecule has 2 rings (SSSR count). The van der Waals surface area contributed by atoms with Crippen molar-refractivity contribution in [3.05, 3.63) is 40.2 Å². The highest BCUT2D eigenvalue weighted by atomic mass is 19.3. The van der Waals surface area contributed by atoms with Crippen LogP contribution in [0, 0.1) is 0 Å². The van der Waals surface area contributed by atoms with E-state index >= 15 is 0 Å². The second-order valence-corrected chi connectivity index (χ2v) is 4.67. The first-order valence-corrected chi connectivity index (χ1v) is 6.70. The van der Waals surface area contributed by atoms with Gasteiger partial charge in [0.25, 0.3) is 0 Å². The Kier molecular flexibility index (Phi) is 4.25. The maximum absolute atomic E-state index is 13.6. The molecule has 6 heteroatoms. The smallest absolute Gasteiger partial charge is 0.336 e. The molecule has 21 heavy (non-hydrogen) atoms. The summed E-state index contributed by atoms with van der Waals surface area (Å²) < 4.78 is 44.8. The van der Waals surface area contributed by atoms with Crippen LogP contribution in [0.5, 0.6) is 0 Å². The number of benzene rings is 1. The maximum Gasteiger partial charge on any atom is 0.336 e. The average Bonchev–Trinajstić information content (AvgIpc) is 2.47. The summed E-state index contributed by atoms with van der Waals surface area (Å²) in [5, 5.41) is 0.0492. The summed E-state index contributed by atoms with van der Waals surface area (Å²) in [4.78, 5) is 13.4. The van der Waals surface area contributed by atoms with E-state index in [-0.39, 0.29) is 11.0 Å². The molecule has 0 amide bonds. The zero-order valence-electron chi connectivity index (χ0n) is 11.8. The molecule has 0 N–H and O–H groups in total. The van der Waals surface area contributed by atoms with Gasteiger partial charge in [0.05, 0.1) is 0 Å². The van der Waals surface area contributed by atoms with Gasteiger partial charge in [-0.25, -0.2) is 9.18 Å². The SMILES string of the molecule is CCN(CC)c1ccc2c(C(F)(F)CF)cc(=O)oc2c1. The first-order chi connectivity index (χ1) is 9.92. The summed E-state index contributed by atoms with van der Waals surface area (Å²) in [6.07, 6.45) is 0. The monoisotopic (exact) mass is 299 g/mol. The Balaban J connectivity index is 2.68. The van der Waals surface area contributed by atoms with E-state index in [1.807, 2.05) is 18.7 Å². The van der Waals surface area contributed by atoms with E-state index in [4.69, 9.17) is 4.42 Å². The number of halogens is 3. The Bertz CT molecular complexity index is 693. The van der Waals surface area contributed by atoms with Crippen LogP contribution in [-0.2, 0) is 5.92 Å². The molecule has 0 aliphatic rings. The highest BCUT2D eigenvalue weighted by Gasteiger charge is 2.34. The van der Waals surface area contributed by atoms with Crippen molar-refractivity contribution in [2.45, 2.75) is 19.8 Å². The Morgan fingerprint density at radius 3 is 2.43 bits per heavy atom. The first kappa shape index (κ1) is 15.4. The lowest BCUT2D eigenvalue weighted by Gasteiger charge is -2.21. The fraction of sp³-hybridized carbons (Fsp3) is 0.400. The van der Waals surface area contributed by atoms with E-state index in [1.165, 1.54) is 12.1 Å². The zero-order chi connectivity index (χ0) is 15.6. The Labute approximate surface area is 120 Å². The fourth-order valence-electron chi connectivity index (χ4n) is 2.31. The van der Waals surface area contributed by atoms with E-state index in [1.54, 1.807) is 6.07 Å². The number of fused-ring (bicyclic) bond motifs is 1. The van der Waals surface area contributed by atoms with Crippen molar-refractivity contribution in [2.24, 2.45) is 0 Å². The first-order valence-electron chi connectivity index (χ1n) is 6.70. The molecule has 0 spiro atoms. The molecular formula is C15H16F3NO2. The quantitative estimate of drug-likeness (QED) is 0.789.